The number of nitrogens with zero attached hydrogens (tertiary/aromatic N) is 6. The highest BCUT2D eigenvalue weighted by Gasteiger charge is 2.46. The smallest absolute Gasteiger partial charge is 0.261 e. The predicted molar refractivity (Wildman–Crippen MR) is 260 cm³/mol. The van der Waals surface area contributed by atoms with Gasteiger partial charge in [-0.3, -0.25) is 85.6 Å². The van der Waals surface area contributed by atoms with Crippen LogP contribution in [-0.2, 0) is 7.05 Å². The van der Waals surface area contributed by atoms with E-state index in [1.807, 2.05) is 0 Å². The lowest BCUT2D eigenvalue weighted by Gasteiger charge is -2.41. The molecule has 4 amide bonds. The van der Waals surface area contributed by atoms with Gasteiger partial charge >= 0.3 is 0 Å². The average Bonchev–Trinajstić information content (AvgIpc) is 3.96. The molecule has 0 saturated heterocycles. The predicted octanol–water partition coefficient (Wildman–Crippen LogP) is 3.89. The number of benzene rings is 4. The summed E-state index contributed by atoms with van der Waals surface area (Å²) in [5.41, 5.74) is -5.05. The number of aromatic nitrogens is 4. The summed E-state index contributed by atoms with van der Waals surface area (Å²) in [7, 11) is 1.30. The van der Waals surface area contributed by atoms with Crippen LogP contribution in [-0.4, -0.2) is 63.8 Å². The molecule has 356 valence electrons. The Morgan fingerprint density at radius 1 is 0.324 bits per heavy atom. The van der Waals surface area contributed by atoms with Gasteiger partial charge in [-0.05, 0) is 87.1 Å². The Labute approximate surface area is 397 Å². The van der Waals surface area contributed by atoms with E-state index in [1.165, 1.54) is 60.5 Å². The van der Waals surface area contributed by atoms with Gasteiger partial charge in [0.2, 0.25) is 0 Å². The molecule has 5 aliphatic rings. The fraction of sp³-hybridized carbons (Fsp3) is 0.358. The standard InChI is InChI=1S/C53H42N6O12/c1-54-42(60)28-19-30-31(20-29(28)43(54)61)49(67)58(48(30)66)38-13-7-8-14-39(38)59-52(70)34-21-32-33(22-35(34)53(59)71)51(69)57(50(32)68)37-12-6-5-11-36(37)56-46(64)26-17-15-24-40-25(16-18-27(41(26)40)47(56)65)45(63)55(44(24)62)23-9-3-2-4-10-23/h15-23,36-39H,2-14H2,1H3/t36-,37-,38-,39-/m0/s1. The number of fused-ring (bicyclic) bond motifs is 4. The summed E-state index contributed by atoms with van der Waals surface area (Å²) < 4.78 is 3.93. The lowest BCUT2D eigenvalue weighted by atomic mass is 9.82. The van der Waals surface area contributed by atoms with Crippen LogP contribution in [0.25, 0.3) is 53.9 Å². The fourth-order valence-electron chi connectivity index (χ4n) is 13.3. The highest BCUT2D eigenvalue weighted by atomic mass is 16.2. The van der Waals surface area contributed by atoms with Crippen LogP contribution in [0, 0.1) is 0 Å². The number of carbonyl (C=O) groups is 4. The third kappa shape index (κ3) is 5.58. The van der Waals surface area contributed by atoms with Gasteiger partial charge in [-0.25, -0.2) is 0 Å². The van der Waals surface area contributed by atoms with Crippen LogP contribution in [0.4, 0.5) is 0 Å². The third-order valence-corrected chi connectivity index (χ3v) is 16.7. The summed E-state index contributed by atoms with van der Waals surface area (Å²) in [6.45, 7) is 0. The van der Waals surface area contributed by atoms with Crippen molar-refractivity contribution < 1.29 is 19.2 Å². The molecule has 4 atom stereocenters. The van der Waals surface area contributed by atoms with Crippen molar-refractivity contribution in [1.82, 2.24) is 28.1 Å². The zero-order chi connectivity index (χ0) is 49.2. The number of hydrogen-bond acceptors (Lipinski definition) is 12. The molecule has 4 aromatic heterocycles. The van der Waals surface area contributed by atoms with Crippen molar-refractivity contribution in [2.75, 3.05) is 0 Å². The van der Waals surface area contributed by atoms with Gasteiger partial charge < -0.3 is 0 Å². The lowest BCUT2D eigenvalue weighted by molar-refractivity contribution is 0.0426. The second-order valence-corrected chi connectivity index (χ2v) is 20.2. The van der Waals surface area contributed by atoms with Crippen LogP contribution in [0.5, 0.6) is 0 Å². The molecule has 6 heterocycles. The van der Waals surface area contributed by atoms with E-state index in [-0.39, 0.29) is 108 Å². The molecule has 3 saturated carbocycles. The summed E-state index contributed by atoms with van der Waals surface area (Å²) in [6, 6.07) is 6.87. The maximum absolute atomic E-state index is 14.7. The fourth-order valence-corrected chi connectivity index (χ4v) is 13.3. The first-order valence-electron chi connectivity index (χ1n) is 24.4. The zero-order valence-electron chi connectivity index (χ0n) is 38.3. The molecular weight excluding hydrogens is 913 g/mol. The Balaban J connectivity index is 0.871. The molecule has 18 heteroatoms. The van der Waals surface area contributed by atoms with Gasteiger partial charge in [-0.1, -0.05) is 44.9 Å². The zero-order valence-corrected chi connectivity index (χ0v) is 38.3. The number of hydrogen-bond donors (Lipinski definition) is 0. The maximum atomic E-state index is 14.7. The van der Waals surface area contributed by atoms with Crippen LogP contribution < -0.4 is 44.5 Å². The monoisotopic (exact) mass is 954 g/mol. The molecule has 0 unspecified atom stereocenters. The number of rotatable bonds is 5. The first-order chi connectivity index (χ1) is 34.2. The van der Waals surface area contributed by atoms with E-state index in [4.69, 9.17) is 0 Å². The van der Waals surface area contributed by atoms with Crippen molar-refractivity contribution in [3.05, 3.63) is 154 Å². The van der Waals surface area contributed by atoms with Gasteiger partial charge in [0.15, 0.2) is 0 Å². The first-order valence-corrected chi connectivity index (χ1v) is 24.4. The van der Waals surface area contributed by atoms with Gasteiger partial charge in [0.05, 0.1) is 67.3 Å². The van der Waals surface area contributed by atoms with Crippen molar-refractivity contribution >= 4 is 77.5 Å². The Bertz CT molecular complexity index is 4050. The largest absolute Gasteiger partial charge is 0.277 e. The summed E-state index contributed by atoms with van der Waals surface area (Å²) in [5, 5.41) is -0.215. The first kappa shape index (κ1) is 43.0. The molecule has 0 bridgehead atoms. The van der Waals surface area contributed by atoms with Gasteiger partial charge in [-0.15, -0.1) is 0 Å². The molecular formula is C53H42N6O12. The van der Waals surface area contributed by atoms with Gasteiger partial charge in [0.1, 0.15) is 0 Å². The van der Waals surface area contributed by atoms with E-state index in [2.05, 4.69) is 0 Å². The minimum atomic E-state index is -0.982. The highest BCUT2D eigenvalue weighted by Crippen LogP contribution is 2.43. The second kappa shape index (κ2) is 15.0. The molecule has 71 heavy (non-hydrogen) atoms. The highest BCUT2D eigenvalue weighted by molar-refractivity contribution is 6.33. The number of imide groups is 2. The molecule has 2 aliphatic heterocycles. The minimum Gasteiger partial charge on any atom is -0.277 e. The van der Waals surface area contributed by atoms with Crippen LogP contribution in [0.15, 0.2) is 86.9 Å². The summed E-state index contributed by atoms with van der Waals surface area (Å²) in [5.74, 6) is -2.30. The average molecular weight is 955 g/mol. The molecule has 18 nitrogen and oxygen atoms in total. The third-order valence-electron chi connectivity index (χ3n) is 16.7. The van der Waals surface area contributed by atoms with E-state index in [9.17, 15) is 57.5 Å². The van der Waals surface area contributed by atoms with Crippen molar-refractivity contribution in [3.8, 4) is 0 Å². The Kier molecular flexibility index (Phi) is 9.09. The van der Waals surface area contributed by atoms with Gasteiger partial charge in [0, 0.05) is 46.1 Å². The van der Waals surface area contributed by atoms with Crippen LogP contribution in [0.2, 0.25) is 0 Å². The van der Waals surface area contributed by atoms with Crippen molar-refractivity contribution in [2.24, 2.45) is 7.05 Å². The molecule has 0 radical (unpaired) electrons. The van der Waals surface area contributed by atoms with Crippen LogP contribution in [0.3, 0.4) is 0 Å². The van der Waals surface area contributed by atoms with Crippen LogP contribution >= 0.6 is 0 Å². The molecule has 0 N–H and O–H groups in total. The van der Waals surface area contributed by atoms with Crippen LogP contribution in [0.1, 0.15) is 143 Å². The molecule has 0 spiro atoms. The minimum absolute atomic E-state index is 0.00527. The Hall–Kier alpha value is -8.02. The van der Waals surface area contributed by atoms with E-state index in [1.54, 1.807) is 0 Å². The van der Waals surface area contributed by atoms with E-state index < -0.39 is 92.3 Å². The van der Waals surface area contributed by atoms with E-state index >= 15 is 0 Å². The van der Waals surface area contributed by atoms with Gasteiger partial charge in [0.25, 0.3) is 68.1 Å². The summed E-state index contributed by atoms with van der Waals surface area (Å²) >= 11 is 0. The van der Waals surface area contributed by atoms with E-state index in [0.29, 0.717) is 38.5 Å². The molecule has 8 aromatic rings. The molecule has 4 aromatic carbocycles. The molecule has 13 rings (SSSR count). The van der Waals surface area contributed by atoms with E-state index in [0.717, 1.165) is 42.4 Å². The maximum Gasteiger partial charge on any atom is 0.261 e. The van der Waals surface area contributed by atoms with Crippen molar-refractivity contribution in [3.63, 3.8) is 0 Å². The number of amides is 4. The Morgan fingerprint density at radius 2 is 0.592 bits per heavy atom. The number of carbonyl (C=O) groups excluding carboxylic acids is 4. The molecule has 3 aliphatic carbocycles. The summed E-state index contributed by atoms with van der Waals surface area (Å²) in [4.78, 5) is 172. The topological polar surface area (TPSA) is 231 Å². The normalized spacial score (nSPS) is 22.2. The van der Waals surface area contributed by atoms with Gasteiger partial charge in [-0.2, -0.15) is 0 Å². The Morgan fingerprint density at radius 3 is 0.930 bits per heavy atom. The lowest BCUT2D eigenvalue weighted by Crippen LogP contribution is -2.54. The SMILES string of the molecule is Cn1c(=O)c2cc3c(=O)n([C@H]4CCCC[C@@H]4n4c(=O)c5cc6c(=O)n([C@H]7CCCC[C@@H]7N7C(=O)c8ccc9c%10c(ccc(c8%10)C7=O)C(=O)N(C7CCCCC7)C9=O)c(=O)c6cc5c4=O)c(=O)c3cc2c1=O. The summed E-state index contributed by atoms with van der Waals surface area (Å²) in [6.07, 6.45) is 7.44. The van der Waals surface area contributed by atoms with Crippen molar-refractivity contribution in [2.45, 2.75) is 114 Å². The quantitative estimate of drug-likeness (QED) is 0.224. The molecule has 3 fully saturated rings. The van der Waals surface area contributed by atoms with Crippen molar-refractivity contribution in [1.29, 1.82) is 0 Å². The second-order valence-electron chi connectivity index (χ2n) is 20.2.